The zero-order chi connectivity index (χ0) is 16.1. The van der Waals surface area contributed by atoms with E-state index in [4.69, 9.17) is 4.74 Å². The molecular weight excluding hydrogens is 296 g/mol. The number of aliphatic hydroxyl groups excluding tert-OH is 1. The average molecular weight is 309 g/mol. The fourth-order valence-corrected chi connectivity index (χ4v) is 2.71. The van der Waals surface area contributed by atoms with Gasteiger partial charge in [0.15, 0.2) is 0 Å². The van der Waals surface area contributed by atoms with Gasteiger partial charge in [0.25, 0.3) is 5.78 Å². The van der Waals surface area contributed by atoms with E-state index in [1.54, 1.807) is 0 Å². The number of benzene rings is 1. The lowest BCUT2D eigenvalue weighted by molar-refractivity contribution is -0.137. The maximum Gasteiger partial charge on any atom is 0.250 e. The normalized spacial score (nSPS) is 25.1. The number of amides is 1. The minimum absolute atomic E-state index is 0.202. The number of carbonyl (C=O) groups excluding carboxylic acids is 2. The highest BCUT2D eigenvalue weighted by molar-refractivity contribution is 6.03. The number of Topliss-reactive ketones (excluding diaryl/α,β-unsaturated/α-hetero) is 1. The van der Waals surface area contributed by atoms with Crippen LogP contribution in [0.1, 0.15) is 25.3 Å². The Morgan fingerprint density at radius 3 is 2.64 bits per heavy atom. The van der Waals surface area contributed by atoms with Crippen molar-refractivity contribution in [2.45, 2.75) is 25.4 Å². The molecule has 0 aromatic heterocycles. The molecule has 1 unspecified atom stereocenters. The molecule has 0 saturated carbocycles. The van der Waals surface area contributed by atoms with Gasteiger partial charge in [-0.15, -0.1) is 0 Å². The minimum Gasteiger partial charge on any atom is -0.501 e. The molecule has 0 spiro atoms. The molecule has 5 nitrogen and oxygen atoms in total. The molecule has 2 heterocycles. The van der Waals surface area contributed by atoms with Gasteiger partial charge in [-0.1, -0.05) is 0 Å². The van der Waals surface area contributed by atoms with Crippen LogP contribution >= 0.6 is 0 Å². The molecule has 116 valence electrons. The first-order chi connectivity index (χ1) is 10.3. The predicted octanol–water partition coefficient (Wildman–Crippen LogP) is 2.13. The zero-order valence-corrected chi connectivity index (χ0v) is 11.7. The number of hydrogen-bond donors (Lipinski definition) is 1. The Kier molecular flexibility index (Phi) is 3.16. The summed E-state index contributed by atoms with van der Waals surface area (Å²) in [6.45, 7) is 1.59. The molecule has 7 heteroatoms. The van der Waals surface area contributed by atoms with Gasteiger partial charge in [0.1, 0.15) is 11.6 Å². The van der Waals surface area contributed by atoms with Crippen molar-refractivity contribution in [1.82, 2.24) is 4.90 Å². The van der Waals surface area contributed by atoms with Crippen molar-refractivity contribution >= 4 is 11.7 Å². The number of rotatable bonds is 2. The van der Waals surface area contributed by atoms with Crippen LogP contribution < -0.4 is 0 Å². The summed E-state index contributed by atoms with van der Waals surface area (Å²) in [4.78, 5) is 25.2. The first kappa shape index (κ1) is 14.5. The molecule has 2 aliphatic rings. The Labute approximate surface area is 124 Å². The van der Waals surface area contributed by atoms with E-state index in [9.17, 15) is 23.5 Å². The van der Waals surface area contributed by atoms with E-state index in [2.05, 4.69) is 0 Å². The first-order valence-electron chi connectivity index (χ1n) is 6.77. The van der Waals surface area contributed by atoms with Crippen LogP contribution in [0.5, 0.6) is 0 Å². The molecule has 0 bridgehead atoms. The van der Waals surface area contributed by atoms with Crippen molar-refractivity contribution in [3.8, 4) is 0 Å². The second-order valence-corrected chi connectivity index (χ2v) is 5.39. The van der Waals surface area contributed by atoms with Crippen LogP contribution in [0.4, 0.5) is 8.78 Å². The monoisotopic (exact) mass is 309 g/mol. The van der Waals surface area contributed by atoms with Gasteiger partial charge < -0.3 is 9.84 Å². The summed E-state index contributed by atoms with van der Waals surface area (Å²) < 4.78 is 32.5. The van der Waals surface area contributed by atoms with Gasteiger partial charge in [0, 0.05) is 24.6 Å². The van der Waals surface area contributed by atoms with Crippen LogP contribution in [-0.4, -0.2) is 28.2 Å². The van der Waals surface area contributed by atoms with Crippen molar-refractivity contribution in [3.05, 3.63) is 47.0 Å². The number of nitrogens with zero attached hydrogens (tertiary/aromatic N) is 1. The Hall–Kier alpha value is -2.44. The van der Waals surface area contributed by atoms with Crippen molar-refractivity contribution in [2.75, 3.05) is 6.54 Å². The molecule has 22 heavy (non-hydrogen) atoms. The van der Waals surface area contributed by atoms with Crippen molar-refractivity contribution in [1.29, 1.82) is 0 Å². The number of halogens is 2. The van der Waals surface area contributed by atoms with Gasteiger partial charge in [0.05, 0.1) is 0 Å². The highest BCUT2D eigenvalue weighted by Crippen LogP contribution is 2.41. The van der Waals surface area contributed by atoms with Gasteiger partial charge in [-0.25, -0.2) is 8.78 Å². The molecule has 1 fully saturated rings. The molecular formula is C15H13F2NO4. The Morgan fingerprint density at radius 1 is 1.32 bits per heavy atom. The van der Waals surface area contributed by atoms with E-state index < -0.39 is 28.8 Å². The third-order valence-corrected chi connectivity index (χ3v) is 3.92. The molecule has 3 rings (SSSR count). The molecule has 1 N–H and O–H groups in total. The first-order valence-corrected chi connectivity index (χ1v) is 6.77. The summed E-state index contributed by atoms with van der Waals surface area (Å²) in [5, 5.41) is 9.99. The number of hydrogen-bond acceptors (Lipinski definition) is 4. The fraction of sp³-hybridized carbons (Fsp3) is 0.333. The maximum absolute atomic E-state index is 14.0. The summed E-state index contributed by atoms with van der Waals surface area (Å²) >= 11 is 0. The number of ether oxygens (including phenoxy) is 1. The van der Waals surface area contributed by atoms with Crippen molar-refractivity contribution in [3.63, 3.8) is 0 Å². The van der Waals surface area contributed by atoms with Crippen LogP contribution in [0, 0.1) is 11.6 Å². The number of likely N-dealkylation sites (tertiary alicyclic amines) is 1. The van der Waals surface area contributed by atoms with E-state index in [-0.39, 0.29) is 23.8 Å². The number of aliphatic hydroxyl groups is 1. The molecule has 1 saturated heterocycles. The van der Waals surface area contributed by atoms with Gasteiger partial charge in [-0.3, -0.25) is 14.5 Å². The molecule has 1 aromatic carbocycles. The van der Waals surface area contributed by atoms with Crippen LogP contribution in [-0.2, 0) is 19.9 Å². The Bertz CT molecular complexity index is 715. The van der Waals surface area contributed by atoms with E-state index in [0.717, 1.165) is 12.1 Å². The highest BCUT2D eigenvalue weighted by Gasteiger charge is 2.51. The third-order valence-electron chi connectivity index (χ3n) is 3.92. The minimum atomic E-state index is -1.83. The maximum atomic E-state index is 14.0. The summed E-state index contributed by atoms with van der Waals surface area (Å²) in [6, 6.07) is 2.72. The van der Waals surface area contributed by atoms with Gasteiger partial charge in [-0.05, 0) is 25.5 Å². The lowest BCUT2D eigenvalue weighted by Crippen LogP contribution is -2.33. The van der Waals surface area contributed by atoms with Crippen molar-refractivity contribution < 1.29 is 28.2 Å². The Morgan fingerprint density at radius 2 is 2.05 bits per heavy atom. The summed E-state index contributed by atoms with van der Waals surface area (Å²) in [6.07, 6.45) is 0.866. The third kappa shape index (κ3) is 1.96. The smallest absolute Gasteiger partial charge is 0.250 e. The standard InChI is InChI=1S/C15H13F2NO4/c1-15(9-5-4-8(16)7-10(9)17)13(21)12(20)14(22-15)18-6-2-3-11(18)19/h4-5,7,20H,2-3,6H2,1H3. The van der Waals surface area contributed by atoms with Crippen LogP contribution in [0.25, 0.3) is 0 Å². The lowest BCUT2D eigenvalue weighted by Gasteiger charge is -2.26. The summed E-state index contributed by atoms with van der Waals surface area (Å²) in [5.41, 5.74) is -2.04. The topological polar surface area (TPSA) is 66.8 Å². The molecule has 2 aliphatic heterocycles. The van der Waals surface area contributed by atoms with E-state index >= 15 is 0 Å². The van der Waals surface area contributed by atoms with E-state index in [1.807, 2.05) is 0 Å². The SMILES string of the molecule is CC1(c2ccc(F)cc2F)OC(N2CCCC2=O)=C(O)C1=O. The lowest BCUT2D eigenvalue weighted by atomic mass is 9.91. The molecule has 1 amide bonds. The van der Waals surface area contributed by atoms with E-state index in [1.165, 1.54) is 11.8 Å². The van der Waals surface area contributed by atoms with Gasteiger partial charge in [0.2, 0.25) is 23.2 Å². The summed E-state index contributed by atoms with van der Waals surface area (Å²) in [5.74, 6) is -3.88. The summed E-state index contributed by atoms with van der Waals surface area (Å²) in [7, 11) is 0. The zero-order valence-electron chi connectivity index (χ0n) is 11.7. The van der Waals surface area contributed by atoms with Crippen molar-refractivity contribution in [2.24, 2.45) is 0 Å². The van der Waals surface area contributed by atoms with Crippen LogP contribution in [0.15, 0.2) is 29.8 Å². The number of carbonyl (C=O) groups is 2. The average Bonchev–Trinajstić information content (AvgIpc) is 2.97. The van der Waals surface area contributed by atoms with Crippen LogP contribution in [0.3, 0.4) is 0 Å². The molecule has 0 radical (unpaired) electrons. The van der Waals surface area contributed by atoms with Crippen LogP contribution in [0.2, 0.25) is 0 Å². The van der Waals surface area contributed by atoms with E-state index in [0.29, 0.717) is 19.0 Å². The highest BCUT2D eigenvalue weighted by atomic mass is 19.1. The van der Waals surface area contributed by atoms with Gasteiger partial charge >= 0.3 is 0 Å². The number of ketones is 1. The second-order valence-electron chi connectivity index (χ2n) is 5.39. The second kappa shape index (κ2) is 4.79. The molecule has 1 aromatic rings. The Balaban J connectivity index is 2.01. The quantitative estimate of drug-likeness (QED) is 0.909. The molecule has 1 atom stereocenters. The fourth-order valence-electron chi connectivity index (χ4n) is 2.71. The van der Waals surface area contributed by atoms with Gasteiger partial charge in [-0.2, -0.15) is 0 Å². The largest absolute Gasteiger partial charge is 0.501 e. The predicted molar refractivity (Wildman–Crippen MR) is 70.4 cm³/mol. The molecule has 0 aliphatic carbocycles.